The van der Waals surface area contributed by atoms with E-state index in [1.807, 2.05) is 0 Å². The molecule has 0 aliphatic heterocycles. The lowest BCUT2D eigenvalue weighted by Crippen LogP contribution is -2.29. The molecular formula is C10H25NP2. The predicted octanol–water partition coefficient (Wildman–Crippen LogP) is 2.84. The van der Waals surface area contributed by atoms with Gasteiger partial charge in [0.05, 0.1) is 0 Å². The summed E-state index contributed by atoms with van der Waals surface area (Å²) in [5.74, 6) is 0. The minimum Gasteiger partial charge on any atom is -0.315 e. The Kier molecular flexibility index (Phi) is 7.61. The van der Waals surface area contributed by atoms with Gasteiger partial charge in [-0.1, -0.05) is 13.8 Å². The van der Waals surface area contributed by atoms with E-state index >= 15 is 0 Å². The van der Waals surface area contributed by atoms with Crippen molar-refractivity contribution in [3.05, 3.63) is 0 Å². The minimum absolute atomic E-state index is 0.235. The normalized spacial score (nSPS) is 16.6. The van der Waals surface area contributed by atoms with Crippen molar-refractivity contribution < 1.29 is 0 Å². The summed E-state index contributed by atoms with van der Waals surface area (Å²) in [6.07, 6.45) is 0. The molecule has 0 bridgehead atoms. The van der Waals surface area contributed by atoms with E-state index in [2.05, 4.69) is 45.8 Å². The fourth-order valence-corrected chi connectivity index (χ4v) is 1.85. The second-order valence-electron chi connectivity index (χ2n) is 4.28. The van der Waals surface area contributed by atoms with Crippen LogP contribution >= 0.6 is 15.8 Å². The first-order chi connectivity index (χ1) is 5.95. The van der Waals surface area contributed by atoms with E-state index in [1.165, 1.54) is 13.1 Å². The summed E-state index contributed by atoms with van der Waals surface area (Å²) in [6, 6.07) is 0. The Bertz CT molecular complexity index is 112. The monoisotopic (exact) mass is 221 g/mol. The molecule has 3 heteroatoms. The first-order valence-electron chi connectivity index (χ1n) is 4.98. The van der Waals surface area contributed by atoms with Crippen molar-refractivity contribution in [1.82, 2.24) is 5.32 Å². The standard InChI is InChI=1S/C10H25NP2/c1-9(12(3)4)7-11-8-10(2)13(5)6/h9-11H,7-8H2,1-6H3. The van der Waals surface area contributed by atoms with E-state index in [0.717, 1.165) is 11.3 Å². The second kappa shape index (κ2) is 7.16. The van der Waals surface area contributed by atoms with Crippen LogP contribution in [0.1, 0.15) is 13.8 Å². The molecule has 0 aromatic heterocycles. The van der Waals surface area contributed by atoms with E-state index in [1.54, 1.807) is 0 Å². The molecule has 2 atom stereocenters. The third-order valence-corrected chi connectivity index (χ3v) is 6.53. The van der Waals surface area contributed by atoms with Crippen molar-refractivity contribution in [3.8, 4) is 0 Å². The average Bonchev–Trinajstić information content (AvgIpc) is 2.03. The zero-order valence-corrected chi connectivity index (χ0v) is 11.8. The van der Waals surface area contributed by atoms with Crippen LogP contribution in [0.2, 0.25) is 0 Å². The topological polar surface area (TPSA) is 12.0 Å². The second-order valence-corrected chi connectivity index (χ2v) is 9.90. The zero-order chi connectivity index (χ0) is 10.4. The summed E-state index contributed by atoms with van der Waals surface area (Å²) in [6.45, 7) is 16.5. The van der Waals surface area contributed by atoms with E-state index in [9.17, 15) is 0 Å². The van der Waals surface area contributed by atoms with Crippen LogP contribution in [0, 0.1) is 0 Å². The van der Waals surface area contributed by atoms with Crippen molar-refractivity contribution in [3.63, 3.8) is 0 Å². The van der Waals surface area contributed by atoms with Gasteiger partial charge in [-0.25, -0.2) is 0 Å². The number of rotatable bonds is 6. The molecule has 0 aliphatic carbocycles. The summed E-state index contributed by atoms with van der Waals surface area (Å²) in [4.78, 5) is 0. The van der Waals surface area contributed by atoms with E-state index in [0.29, 0.717) is 0 Å². The summed E-state index contributed by atoms with van der Waals surface area (Å²) >= 11 is 0. The summed E-state index contributed by atoms with van der Waals surface area (Å²) in [5, 5.41) is 3.58. The van der Waals surface area contributed by atoms with Crippen LogP contribution in [0.5, 0.6) is 0 Å². The highest BCUT2D eigenvalue weighted by atomic mass is 31.1. The average molecular weight is 221 g/mol. The van der Waals surface area contributed by atoms with Crippen LogP contribution in [0.15, 0.2) is 0 Å². The van der Waals surface area contributed by atoms with Gasteiger partial charge in [0.15, 0.2) is 0 Å². The van der Waals surface area contributed by atoms with Gasteiger partial charge in [0.2, 0.25) is 0 Å². The highest BCUT2D eigenvalue weighted by Crippen LogP contribution is 2.32. The lowest BCUT2D eigenvalue weighted by atomic mass is 10.4. The zero-order valence-electron chi connectivity index (χ0n) is 9.96. The minimum atomic E-state index is 0.235. The molecule has 0 saturated carbocycles. The van der Waals surface area contributed by atoms with Crippen molar-refractivity contribution in [2.75, 3.05) is 39.7 Å². The van der Waals surface area contributed by atoms with Crippen molar-refractivity contribution >= 4 is 15.8 Å². The van der Waals surface area contributed by atoms with Gasteiger partial charge in [-0.3, -0.25) is 0 Å². The molecular weight excluding hydrogens is 196 g/mol. The molecule has 0 fully saturated rings. The molecule has 1 nitrogen and oxygen atoms in total. The van der Waals surface area contributed by atoms with Crippen LogP contribution in [0.4, 0.5) is 0 Å². The molecule has 0 aromatic rings. The number of hydrogen-bond acceptors (Lipinski definition) is 1. The number of nitrogens with one attached hydrogen (secondary N) is 1. The Morgan fingerprint density at radius 2 is 1.15 bits per heavy atom. The molecule has 1 N–H and O–H groups in total. The van der Waals surface area contributed by atoms with Gasteiger partial charge in [0.25, 0.3) is 0 Å². The third-order valence-electron chi connectivity index (χ3n) is 2.64. The highest BCUT2D eigenvalue weighted by molar-refractivity contribution is 7.57. The SMILES string of the molecule is CC(CNCC(C)P(C)C)P(C)C. The maximum Gasteiger partial charge on any atom is 0.00163 e. The van der Waals surface area contributed by atoms with E-state index < -0.39 is 0 Å². The molecule has 80 valence electrons. The maximum atomic E-state index is 3.58. The Balaban J connectivity index is 3.45. The largest absolute Gasteiger partial charge is 0.315 e. The van der Waals surface area contributed by atoms with Crippen molar-refractivity contribution in [1.29, 1.82) is 0 Å². The first kappa shape index (κ1) is 13.8. The Morgan fingerprint density at radius 3 is 1.38 bits per heavy atom. The summed E-state index contributed by atoms with van der Waals surface area (Å²) in [7, 11) is 0.470. The molecule has 2 unspecified atom stereocenters. The summed E-state index contributed by atoms with van der Waals surface area (Å²) < 4.78 is 0. The van der Waals surface area contributed by atoms with Crippen molar-refractivity contribution in [2.24, 2.45) is 0 Å². The van der Waals surface area contributed by atoms with Crippen LogP contribution < -0.4 is 5.32 Å². The van der Waals surface area contributed by atoms with Gasteiger partial charge in [-0.2, -0.15) is 0 Å². The quantitative estimate of drug-likeness (QED) is 0.680. The predicted molar refractivity (Wildman–Crippen MR) is 69.3 cm³/mol. The third kappa shape index (κ3) is 6.83. The van der Waals surface area contributed by atoms with Gasteiger partial charge in [0, 0.05) is 13.1 Å². The molecule has 0 spiro atoms. The van der Waals surface area contributed by atoms with Crippen LogP contribution in [-0.4, -0.2) is 51.1 Å². The maximum absolute atomic E-state index is 3.58. The molecule has 13 heavy (non-hydrogen) atoms. The van der Waals surface area contributed by atoms with Crippen LogP contribution in [0.3, 0.4) is 0 Å². The van der Waals surface area contributed by atoms with Gasteiger partial charge >= 0.3 is 0 Å². The van der Waals surface area contributed by atoms with Crippen LogP contribution in [-0.2, 0) is 0 Å². The van der Waals surface area contributed by atoms with Crippen molar-refractivity contribution in [2.45, 2.75) is 25.2 Å². The van der Waals surface area contributed by atoms with Gasteiger partial charge < -0.3 is 5.32 Å². The molecule has 0 heterocycles. The van der Waals surface area contributed by atoms with Gasteiger partial charge in [-0.15, -0.1) is 15.8 Å². The molecule has 0 aromatic carbocycles. The lowest BCUT2D eigenvalue weighted by molar-refractivity contribution is 0.670. The molecule has 0 saturated heterocycles. The fraction of sp³-hybridized carbons (Fsp3) is 1.00. The molecule has 0 radical (unpaired) electrons. The van der Waals surface area contributed by atoms with Crippen LogP contribution in [0.25, 0.3) is 0 Å². The smallest absolute Gasteiger partial charge is 0.00163 e. The highest BCUT2D eigenvalue weighted by Gasteiger charge is 2.08. The Labute approximate surface area is 86.6 Å². The molecule has 0 rings (SSSR count). The molecule has 0 amide bonds. The molecule has 0 aliphatic rings. The number of hydrogen-bond donors (Lipinski definition) is 1. The van der Waals surface area contributed by atoms with E-state index in [-0.39, 0.29) is 15.8 Å². The Hall–Kier alpha value is 0.820. The summed E-state index contributed by atoms with van der Waals surface area (Å²) in [5.41, 5.74) is 1.73. The van der Waals surface area contributed by atoms with Gasteiger partial charge in [0.1, 0.15) is 0 Å². The lowest BCUT2D eigenvalue weighted by Gasteiger charge is -2.20. The Morgan fingerprint density at radius 1 is 0.846 bits per heavy atom. The van der Waals surface area contributed by atoms with E-state index in [4.69, 9.17) is 0 Å². The fourth-order valence-electron chi connectivity index (χ4n) is 0.866. The van der Waals surface area contributed by atoms with Gasteiger partial charge in [-0.05, 0) is 38.0 Å². The first-order valence-corrected chi connectivity index (χ1v) is 9.59.